The smallest absolute Gasteiger partial charge is 0.374 e. The summed E-state index contributed by atoms with van der Waals surface area (Å²) in [5.41, 5.74) is -0.527. The number of Topliss-reactive ketones (excluding diaryl/α,β-unsaturated/α-hetero) is 1. The summed E-state index contributed by atoms with van der Waals surface area (Å²) in [5.74, 6) is -2.81. The molecular weight excluding hydrogens is 394 g/mol. The third kappa shape index (κ3) is 3.50. The highest BCUT2D eigenvalue weighted by atomic mass is 19.4. The standard InChI is InChI=1S/C19H23F4N3O3/c1-16(2)14(28)26(5)15(24)25-17(16,3)11-8-10(6-7-12(11)20)9-13(27)18(4,29)19(21,22)23/h6-8,29H,9H2,1-5H3,(H2,24,25)/t17-,18?/m1/s1. The Kier molecular flexibility index (Phi) is 5.34. The van der Waals surface area contributed by atoms with Gasteiger partial charge in [-0.3, -0.25) is 14.5 Å². The predicted octanol–water partition coefficient (Wildman–Crippen LogP) is 2.28. The Labute approximate surface area is 165 Å². The number of halogens is 4. The maximum absolute atomic E-state index is 14.7. The molecule has 0 saturated heterocycles. The Morgan fingerprint density at radius 2 is 1.83 bits per heavy atom. The lowest BCUT2D eigenvalue weighted by Crippen LogP contribution is -2.58. The number of aliphatic imine (C=N–C) groups is 1. The molecule has 10 heteroatoms. The Hall–Kier alpha value is -2.49. The van der Waals surface area contributed by atoms with E-state index in [2.05, 4.69) is 4.99 Å². The fourth-order valence-electron chi connectivity index (χ4n) is 3.14. The molecule has 1 heterocycles. The topological polar surface area (TPSA) is 96.0 Å². The largest absolute Gasteiger partial charge is 0.424 e. The molecule has 0 fully saturated rings. The molecule has 0 saturated carbocycles. The normalized spacial score (nSPS) is 24.1. The van der Waals surface area contributed by atoms with Crippen molar-refractivity contribution in [2.45, 2.75) is 51.4 Å². The molecule has 1 amide bonds. The van der Waals surface area contributed by atoms with Crippen molar-refractivity contribution in [2.75, 3.05) is 7.05 Å². The van der Waals surface area contributed by atoms with E-state index in [-0.39, 0.29) is 17.1 Å². The average Bonchev–Trinajstić information content (AvgIpc) is 2.59. The fourth-order valence-corrected chi connectivity index (χ4v) is 3.14. The van der Waals surface area contributed by atoms with Crippen molar-refractivity contribution in [3.8, 4) is 0 Å². The van der Waals surface area contributed by atoms with Crippen LogP contribution in [-0.2, 0) is 21.5 Å². The molecule has 0 radical (unpaired) electrons. The number of rotatable bonds is 4. The average molecular weight is 417 g/mol. The van der Waals surface area contributed by atoms with E-state index in [0.29, 0.717) is 6.92 Å². The summed E-state index contributed by atoms with van der Waals surface area (Å²) >= 11 is 0. The van der Waals surface area contributed by atoms with Crippen LogP contribution in [0, 0.1) is 11.2 Å². The molecule has 160 valence electrons. The van der Waals surface area contributed by atoms with Gasteiger partial charge in [-0.25, -0.2) is 9.38 Å². The first-order chi connectivity index (χ1) is 13.0. The van der Waals surface area contributed by atoms with Crippen molar-refractivity contribution in [3.63, 3.8) is 0 Å². The van der Waals surface area contributed by atoms with Gasteiger partial charge in [-0.15, -0.1) is 0 Å². The summed E-state index contributed by atoms with van der Waals surface area (Å²) in [6, 6.07) is 3.30. The number of nitrogens with zero attached hydrogens (tertiary/aromatic N) is 2. The quantitative estimate of drug-likeness (QED) is 0.735. The number of guanidine groups is 1. The van der Waals surface area contributed by atoms with Crippen molar-refractivity contribution >= 4 is 17.6 Å². The summed E-state index contributed by atoms with van der Waals surface area (Å²) in [4.78, 5) is 30.1. The van der Waals surface area contributed by atoms with E-state index in [4.69, 9.17) is 5.73 Å². The fraction of sp³-hybridized carbons (Fsp3) is 0.526. The lowest BCUT2D eigenvalue weighted by atomic mass is 9.67. The van der Waals surface area contributed by atoms with Crippen LogP contribution in [0.15, 0.2) is 23.2 Å². The number of amides is 1. The summed E-state index contributed by atoms with van der Waals surface area (Å²) in [7, 11) is 1.42. The van der Waals surface area contributed by atoms with E-state index in [1.165, 1.54) is 20.0 Å². The number of ketones is 1. The lowest BCUT2D eigenvalue weighted by Gasteiger charge is -2.46. The van der Waals surface area contributed by atoms with Crippen LogP contribution in [0.5, 0.6) is 0 Å². The van der Waals surface area contributed by atoms with Crippen molar-refractivity contribution in [1.82, 2.24) is 4.90 Å². The van der Waals surface area contributed by atoms with E-state index in [0.717, 1.165) is 17.0 Å². The number of carbonyl (C=O) groups excluding carboxylic acids is 2. The zero-order valence-corrected chi connectivity index (χ0v) is 16.7. The van der Waals surface area contributed by atoms with Crippen LogP contribution < -0.4 is 5.73 Å². The highest BCUT2D eigenvalue weighted by molar-refractivity contribution is 6.01. The number of aliphatic hydroxyl groups is 1. The van der Waals surface area contributed by atoms with Gasteiger partial charge in [0.05, 0.1) is 5.41 Å². The van der Waals surface area contributed by atoms with E-state index < -0.39 is 46.7 Å². The van der Waals surface area contributed by atoms with E-state index >= 15 is 0 Å². The predicted molar refractivity (Wildman–Crippen MR) is 97.3 cm³/mol. The van der Waals surface area contributed by atoms with Crippen LogP contribution in [0.4, 0.5) is 17.6 Å². The lowest BCUT2D eigenvalue weighted by molar-refractivity contribution is -0.243. The van der Waals surface area contributed by atoms with Gasteiger partial charge in [-0.05, 0) is 45.4 Å². The summed E-state index contributed by atoms with van der Waals surface area (Å²) in [6.45, 7) is 4.95. The first kappa shape index (κ1) is 22.8. The van der Waals surface area contributed by atoms with Crippen molar-refractivity contribution in [3.05, 3.63) is 35.1 Å². The molecule has 1 unspecified atom stereocenters. The van der Waals surface area contributed by atoms with Gasteiger partial charge in [-0.1, -0.05) is 6.07 Å². The van der Waals surface area contributed by atoms with E-state index in [1.54, 1.807) is 13.8 Å². The van der Waals surface area contributed by atoms with Crippen LogP contribution in [0.3, 0.4) is 0 Å². The van der Waals surface area contributed by atoms with Gasteiger partial charge in [0.1, 0.15) is 11.4 Å². The molecule has 2 rings (SSSR count). The number of nitrogens with two attached hydrogens (primary N) is 1. The minimum atomic E-state index is -5.15. The van der Waals surface area contributed by atoms with Crippen LogP contribution in [0.25, 0.3) is 0 Å². The van der Waals surface area contributed by atoms with Gasteiger partial charge in [-0.2, -0.15) is 13.2 Å². The van der Waals surface area contributed by atoms with Crippen molar-refractivity contribution < 1.29 is 32.3 Å². The molecule has 2 atom stereocenters. The van der Waals surface area contributed by atoms with E-state index in [1.807, 2.05) is 0 Å². The van der Waals surface area contributed by atoms with Crippen molar-refractivity contribution in [1.29, 1.82) is 0 Å². The molecule has 0 spiro atoms. The molecule has 1 aliphatic rings. The van der Waals surface area contributed by atoms with Gasteiger partial charge >= 0.3 is 6.18 Å². The molecule has 1 aliphatic heterocycles. The van der Waals surface area contributed by atoms with Crippen LogP contribution >= 0.6 is 0 Å². The maximum Gasteiger partial charge on any atom is 0.424 e. The first-order valence-electron chi connectivity index (χ1n) is 8.71. The minimum Gasteiger partial charge on any atom is -0.374 e. The third-order valence-corrected chi connectivity index (χ3v) is 5.75. The third-order valence-electron chi connectivity index (χ3n) is 5.75. The summed E-state index contributed by atoms with van der Waals surface area (Å²) in [6.07, 6.45) is -5.94. The Balaban J connectivity index is 2.54. The number of benzene rings is 1. The minimum absolute atomic E-state index is 0.0353. The molecule has 29 heavy (non-hydrogen) atoms. The zero-order valence-electron chi connectivity index (χ0n) is 16.7. The second kappa shape index (κ2) is 6.79. The van der Waals surface area contributed by atoms with Crippen LogP contribution in [0.1, 0.15) is 38.8 Å². The Bertz CT molecular complexity index is 893. The monoisotopic (exact) mass is 417 g/mol. The zero-order chi connectivity index (χ0) is 22.6. The number of alkyl halides is 3. The summed E-state index contributed by atoms with van der Waals surface area (Å²) < 4.78 is 53.4. The highest BCUT2D eigenvalue weighted by Gasteiger charge is 2.56. The molecule has 0 bridgehead atoms. The number of hydrogen-bond acceptors (Lipinski definition) is 5. The molecule has 0 aliphatic carbocycles. The summed E-state index contributed by atoms with van der Waals surface area (Å²) in [5, 5.41) is 9.55. The van der Waals surface area contributed by atoms with Gasteiger partial charge in [0.15, 0.2) is 11.7 Å². The first-order valence-corrected chi connectivity index (χ1v) is 8.71. The van der Waals surface area contributed by atoms with Crippen LogP contribution in [0.2, 0.25) is 0 Å². The SMILES string of the molecule is CN1C(=O)C(C)(C)[C@@](C)(c2cc(CC(=O)C(C)(O)C(F)(F)F)ccc2F)N=C1N. The van der Waals surface area contributed by atoms with Gasteiger partial charge in [0.2, 0.25) is 11.5 Å². The Morgan fingerprint density at radius 1 is 1.28 bits per heavy atom. The Morgan fingerprint density at radius 3 is 2.34 bits per heavy atom. The van der Waals surface area contributed by atoms with Crippen LogP contribution in [-0.4, -0.2) is 46.5 Å². The second-order valence-corrected chi connectivity index (χ2v) is 8.02. The molecule has 1 aromatic carbocycles. The molecule has 6 nitrogen and oxygen atoms in total. The van der Waals surface area contributed by atoms with Gasteiger partial charge < -0.3 is 10.8 Å². The van der Waals surface area contributed by atoms with Gasteiger partial charge in [0, 0.05) is 19.0 Å². The maximum atomic E-state index is 14.7. The molecule has 3 N–H and O–H groups in total. The number of carbonyl (C=O) groups is 2. The molecule has 0 aromatic heterocycles. The van der Waals surface area contributed by atoms with Crippen molar-refractivity contribution in [2.24, 2.45) is 16.1 Å². The number of hydrogen-bond donors (Lipinski definition) is 2. The molecular formula is C19H23F4N3O3. The van der Waals surface area contributed by atoms with E-state index in [9.17, 15) is 32.3 Å². The van der Waals surface area contributed by atoms with Gasteiger partial charge in [0.25, 0.3) is 0 Å². The second-order valence-electron chi connectivity index (χ2n) is 8.02. The molecule has 1 aromatic rings. The highest BCUT2D eigenvalue weighted by Crippen LogP contribution is 2.47.